The molecule has 0 aromatic heterocycles. The van der Waals surface area contributed by atoms with Crippen LogP contribution in [0.25, 0.3) is 0 Å². The van der Waals surface area contributed by atoms with Gasteiger partial charge >= 0.3 is 21.5 Å². The molecule has 0 saturated heterocycles. The van der Waals surface area contributed by atoms with Crippen LogP contribution in [-0.4, -0.2) is 33.0 Å². The van der Waals surface area contributed by atoms with Crippen LogP contribution in [0.1, 0.15) is 10.4 Å². The van der Waals surface area contributed by atoms with Crippen molar-refractivity contribution >= 4 is 16.0 Å². The van der Waals surface area contributed by atoms with E-state index in [4.69, 9.17) is 0 Å². The van der Waals surface area contributed by atoms with Gasteiger partial charge in [-0.05, 0) is 12.1 Å². The zero-order chi connectivity index (χ0) is 14.5. The number of halogens is 3. The van der Waals surface area contributed by atoms with E-state index in [9.17, 15) is 26.4 Å². The summed E-state index contributed by atoms with van der Waals surface area (Å²) in [5, 5.41) is 0. The lowest BCUT2D eigenvalue weighted by Crippen LogP contribution is -2.38. The van der Waals surface area contributed by atoms with Gasteiger partial charge in [-0.2, -0.15) is 13.2 Å². The van der Waals surface area contributed by atoms with Gasteiger partial charge in [-0.15, -0.1) is 0 Å². The molecular weight excluding hydrogens is 287 g/mol. The first-order valence-electron chi connectivity index (χ1n) is 5.02. The van der Waals surface area contributed by atoms with Crippen LogP contribution >= 0.6 is 0 Å². The maximum absolute atomic E-state index is 11.9. The predicted molar refractivity (Wildman–Crippen MR) is 59.7 cm³/mol. The zero-order valence-corrected chi connectivity index (χ0v) is 10.3. The van der Waals surface area contributed by atoms with Crippen LogP contribution in [0.3, 0.4) is 0 Å². The first-order valence-corrected chi connectivity index (χ1v) is 6.50. The lowest BCUT2D eigenvalue weighted by molar-refractivity contribution is -0.0448. The van der Waals surface area contributed by atoms with Gasteiger partial charge in [-0.25, -0.2) is 17.9 Å². The second kappa shape index (κ2) is 6.02. The summed E-state index contributed by atoms with van der Waals surface area (Å²) in [5.74, 6) is -0.744. The second-order valence-electron chi connectivity index (χ2n) is 3.35. The molecule has 0 atom stereocenters. The first-order chi connectivity index (χ1) is 8.74. The van der Waals surface area contributed by atoms with E-state index in [0.29, 0.717) is 0 Å². The average Bonchev–Trinajstić information content (AvgIpc) is 2.34. The lowest BCUT2D eigenvalue weighted by Gasteiger charge is -2.09. The molecule has 1 rings (SSSR count). The van der Waals surface area contributed by atoms with Crippen molar-refractivity contribution in [2.45, 2.75) is 5.51 Å². The van der Waals surface area contributed by atoms with E-state index in [-0.39, 0.29) is 5.56 Å². The van der Waals surface area contributed by atoms with Gasteiger partial charge in [0.15, 0.2) is 0 Å². The Hall–Kier alpha value is -1.61. The highest BCUT2D eigenvalue weighted by Gasteiger charge is 2.45. The molecule has 0 aliphatic heterocycles. The van der Waals surface area contributed by atoms with E-state index in [1.807, 2.05) is 0 Å². The van der Waals surface area contributed by atoms with E-state index < -0.39 is 34.7 Å². The molecule has 5 nitrogen and oxygen atoms in total. The van der Waals surface area contributed by atoms with Crippen molar-refractivity contribution in [1.29, 1.82) is 0 Å². The van der Waals surface area contributed by atoms with Crippen molar-refractivity contribution in [1.82, 2.24) is 4.72 Å². The first kappa shape index (κ1) is 15.4. The number of nitrogens with one attached hydrogen (secondary N) is 1. The third-order valence-electron chi connectivity index (χ3n) is 1.94. The van der Waals surface area contributed by atoms with Gasteiger partial charge in [-0.3, -0.25) is 0 Å². The number of ether oxygens (including phenoxy) is 1. The third-order valence-corrected chi connectivity index (χ3v) is 3.14. The van der Waals surface area contributed by atoms with Crippen molar-refractivity contribution in [2.24, 2.45) is 0 Å². The zero-order valence-electron chi connectivity index (χ0n) is 9.48. The van der Waals surface area contributed by atoms with Crippen molar-refractivity contribution < 1.29 is 31.1 Å². The number of hydrogen-bond acceptors (Lipinski definition) is 4. The normalized spacial score (nSPS) is 12.2. The minimum Gasteiger partial charge on any atom is -0.461 e. The quantitative estimate of drug-likeness (QED) is 0.656. The molecule has 0 bridgehead atoms. The molecule has 0 radical (unpaired) electrons. The fourth-order valence-electron chi connectivity index (χ4n) is 1.06. The third kappa shape index (κ3) is 4.52. The van der Waals surface area contributed by atoms with Crippen molar-refractivity contribution in [2.75, 3.05) is 13.2 Å². The molecule has 0 saturated carbocycles. The molecule has 0 spiro atoms. The van der Waals surface area contributed by atoms with E-state index in [0.717, 1.165) is 0 Å². The molecule has 0 amide bonds. The fourth-order valence-corrected chi connectivity index (χ4v) is 1.57. The van der Waals surface area contributed by atoms with Crippen LogP contribution in [0.4, 0.5) is 13.2 Å². The van der Waals surface area contributed by atoms with Crippen LogP contribution < -0.4 is 4.72 Å². The van der Waals surface area contributed by atoms with Gasteiger partial charge in [0.2, 0.25) is 0 Å². The summed E-state index contributed by atoms with van der Waals surface area (Å²) in [7, 11) is -5.40. The summed E-state index contributed by atoms with van der Waals surface area (Å²) in [6.45, 7) is -1.15. The Morgan fingerprint density at radius 3 is 2.32 bits per heavy atom. The lowest BCUT2D eigenvalue weighted by atomic mass is 10.2. The molecule has 1 aromatic carbocycles. The molecule has 0 aliphatic rings. The van der Waals surface area contributed by atoms with Crippen LogP contribution in [0.2, 0.25) is 0 Å². The van der Waals surface area contributed by atoms with E-state index in [1.165, 1.54) is 16.9 Å². The fraction of sp³-hybridized carbons (Fsp3) is 0.300. The second-order valence-corrected chi connectivity index (χ2v) is 5.10. The smallest absolute Gasteiger partial charge is 0.461 e. The molecule has 0 unspecified atom stereocenters. The molecule has 106 valence electrons. The minimum atomic E-state index is -5.40. The molecule has 0 aliphatic carbocycles. The van der Waals surface area contributed by atoms with Crippen molar-refractivity contribution in [3.63, 3.8) is 0 Å². The summed E-state index contributed by atoms with van der Waals surface area (Å²) in [6, 6.07) is 7.77. The Kier molecular flexibility index (Phi) is 4.90. The van der Waals surface area contributed by atoms with Crippen LogP contribution in [0, 0.1) is 0 Å². The number of rotatable bonds is 5. The molecule has 19 heavy (non-hydrogen) atoms. The van der Waals surface area contributed by atoms with Crippen LogP contribution in [-0.2, 0) is 14.8 Å². The molecule has 0 heterocycles. The Morgan fingerprint density at radius 2 is 1.79 bits per heavy atom. The monoisotopic (exact) mass is 297 g/mol. The number of hydrogen-bond donors (Lipinski definition) is 1. The number of sulfonamides is 1. The number of carbonyl (C=O) groups excluding carboxylic acids is 1. The SMILES string of the molecule is O=C(OCCNS(=O)(=O)C(F)(F)F)c1ccccc1. The highest BCUT2D eigenvalue weighted by atomic mass is 32.2. The molecule has 0 fully saturated rings. The maximum atomic E-state index is 11.9. The highest BCUT2D eigenvalue weighted by Crippen LogP contribution is 2.21. The molecule has 1 N–H and O–H groups in total. The number of esters is 1. The average molecular weight is 297 g/mol. The van der Waals surface area contributed by atoms with Crippen LogP contribution in [0.15, 0.2) is 30.3 Å². The summed E-state index contributed by atoms with van der Waals surface area (Å²) in [6.07, 6.45) is 0. The Bertz CT molecular complexity index is 527. The van der Waals surface area contributed by atoms with Crippen molar-refractivity contribution in [3.05, 3.63) is 35.9 Å². The number of carbonyl (C=O) groups is 1. The van der Waals surface area contributed by atoms with E-state index >= 15 is 0 Å². The standard InChI is InChI=1S/C10H10F3NO4S/c11-10(12,13)19(16,17)14-6-7-18-9(15)8-4-2-1-3-5-8/h1-5,14H,6-7H2. The maximum Gasteiger partial charge on any atom is 0.511 e. The van der Waals surface area contributed by atoms with Gasteiger partial charge in [-0.1, -0.05) is 18.2 Å². The topological polar surface area (TPSA) is 72.5 Å². The van der Waals surface area contributed by atoms with Gasteiger partial charge in [0.25, 0.3) is 0 Å². The summed E-state index contributed by atoms with van der Waals surface area (Å²) >= 11 is 0. The molecular formula is C10H10F3NO4S. The Labute approximate surface area is 107 Å². The van der Waals surface area contributed by atoms with Gasteiger partial charge in [0, 0.05) is 6.54 Å². The highest BCUT2D eigenvalue weighted by molar-refractivity contribution is 7.90. The Morgan fingerprint density at radius 1 is 1.21 bits per heavy atom. The summed E-state index contributed by atoms with van der Waals surface area (Å²) in [5.41, 5.74) is -5.16. The van der Waals surface area contributed by atoms with Crippen LogP contribution in [0.5, 0.6) is 0 Å². The van der Waals surface area contributed by atoms with Gasteiger partial charge in [0.05, 0.1) is 5.56 Å². The predicted octanol–water partition coefficient (Wildman–Crippen LogP) is 1.28. The number of benzene rings is 1. The molecule has 9 heteroatoms. The minimum absolute atomic E-state index is 0.223. The van der Waals surface area contributed by atoms with Gasteiger partial charge < -0.3 is 4.74 Å². The van der Waals surface area contributed by atoms with E-state index in [1.54, 1.807) is 18.2 Å². The van der Waals surface area contributed by atoms with Gasteiger partial charge in [0.1, 0.15) is 6.61 Å². The Balaban J connectivity index is 2.39. The summed E-state index contributed by atoms with van der Waals surface area (Å²) in [4.78, 5) is 11.3. The number of alkyl halides is 3. The molecule has 1 aromatic rings. The van der Waals surface area contributed by atoms with E-state index in [2.05, 4.69) is 4.74 Å². The largest absolute Gasteiger partial charge is 0.511 e. The van der Waals surface area contributed by atoms with Crippen molar-refractivity contribution in [3.8, 4) is 0 Å². The summed E-state index contributed by atoms with van der Waals surface area (Å²) < 4.78 is 62.8.